The molecule has 0 amide bonds. The van der Waals surface area contributed by atoms with Gasteiger partial charge >= 0.3 is 0 Å². The van der Waals surface area contributed by atoms with E-state index in [2.05, 4.69) is 0 Å². The molecule has 1 aromatic carbocycles. The zero-order valence-electron chi connectivity index (χ0n) is 10.7. The molecule has 2 nitrogen and oxygen atoms in total. The molecule has 3 heteroatoms. The van der Waals surface area contributed by atoms with E-state index < -0.39 is 5.41 Å². The van der Waals surface area contributed by atoms with Crippen LogP contribution in [-0.4, -0.2) is 12.3 Å². The third kappa shape index (κ3) is 3.13. The molecule has 1 rings (SSSR count). The fourth-order valence-corrected chi connectivity index (χ4v) is 1.70. The molecule has 1 atom stereocenters. The molecule has 0 aliphatic rings. The number of Topliss-reactive ketones (excluding diaryl/α,β-unsaturated/α-hetero) is 1. The molecular weight excluding hydrogens is 217 g/mol. The Hall–Kier alpha value is -1.22. The molecule has 0 aliphatic carbocycles. The van der Waals surface area contributed by atoms with E-state index in [1.807, 2.05) is 20.8 Å². The molecule has 0 saturated carbocycles. The normalized spacial score (nSPS) is 14.4. The van der Waals surface area contributed by atoms with Crippen molar-refractivity contribution in [2.24, 2.45) is 11.1 Å². The second-order valence-corrected chi connectivity index (χ2v) is 4.79. The summed E-state index contributed by atoms with van der Waals surface area (Å²) in [7, 11) is 0. The molecule has 0 radical (unpaired) electrons. The second-order valence-electron chi connectivity index (χ2n) is 4.79. The number of ketones is 1. The molecule has 0 heterocycles. The van der Waals surface area contributed by atoms with Crippen LogP contribution in [-0.2, 0) is 11.2 Å². The summed E-state index contributed by atoms with van der Waals surface area (Å²) in [5, 5.41) is 0. The number of nitrogens with two attached hydrogens (primary N) is 1. The van der Waals surface area contributed by atoms with Gasteiger partial charge in [0.1, 0.15) is 11.6 Å². The third-order valence-corrected chi connectivity index (χ3v) is 3.56. The Bertz CT molecular complexity index is 411. The maximum absolute atomic E-state index is 12.9. The van der Waals surface area contributed by atoms with E-state index in [0.29, 0.717) is 13.0 Å². The highest BCUT2D eigenvalue weighted by Crippen LogP contribution is 2.23. The molecule has 0 saturated heterocycles. The number of rotatable bonds is 5. The highest BCUT2D eigenvalue weighted by molar-refractivity contribution is 5.86. The lowest BCUT2D eigenvalue weighted by Crippen LogP contribution is -2.36. The zero-order valence-corrected chi connectivity index (χ0v) is 10.7. The van der Waals surface area contributed by atoms with E-state index in [0.717, 1.165) is 17.5 Å². The van der Waals surface area contributed by atoms with E-state index in [1.165, 1.54) is 12.1 Å². The number of hydrogen-bond donors (Lipinski definition) is 1. The first-order chi connectivity index (χ1) is 7.92. The van der Waals surface area contributed by atoms with Crippen molar-refractivity contribution in [2.45, 2.75) is 33.6 Å². The Labute approximate surface area is 102 Å². The molecular formula is C14H20FNO. The van der Waals surface area contributed by atoms with E-state index in [4.69, 9.17) is 5.73 Å². The van der Waals surface area contributed by atoms with Gasteiger partial charge in [-0.3, -0.25) is 4.79 Å². The SMILES string of the molecule is CCC(C)(CN)C(=O)Cc1ccc(F)cc1C. The van der Waals surface area contributed by atoms with Crippen LogP contribution in [0.5, 0.6) is 0 Å². The summed E-state index contributed by atoms with van der Waals surface area (Å²) in [6.45, 7) is 6.01. The van der Waals surface area contributed by atoms with Crippen LogP contribution in [0.4, 0.5) is 4.39 Å². The minimum Gasteiger partial charge on any atom is -0.329 e. The van der Waals surface area contributed by atoms with Gasteiger partial charge in [0, 0.05) is 18.4 Å². The number of carbonyl (C=O) groups excluding carboxylic acids is 1. The van der Waals surface area contributed by atoms with Crippen LogP contribution in [0.15, 0.2) is 18.2 Å². The van der Waals surface area contributed by atoms with Crippen molar-refractivity contribution >= 4 is 5.78 Å². The van der Waals surface area contributed by atoms with E-state index in [-0.39, 0.29) is 11.6 Å². The Morgan fingerprint density at radius 3 is 2.59 bits per heavy atom. The Kier molecular flexibility index (Phi) is 4.40. The maximum Gasteiger partial charge on any atom is 0.144 e. The maximum atomic E-state index is 12.9. The predicted molar refractivity (Wildman–Crippen MR) is 67.3 cm³/mol. The molecule has 2 N–H and O–H groups in total. The molecule has 0 fully saturated rings. The van der Waals surface area contributed by atoms with Gasteiger partial charge in [0.15, 0.2) is 0 Å². The van der Waals surface area contributed by atoms with Crippen molar-refractivity contribution in [1.82, 2.24) is 0 Å². The molecule has 0 aliphatic heterocycles. The smallest absolute Gasteiger partial charge is 0.144 e. The molecule has 0 aromatic heterocycles. The second kappa shape index (κ2) is 5.41. The van der Waals surface area contributed by atoms with Crippen LogP contribution in [0.25, 0.3) is 0 Å². The summed E-state index contributed by atoms with van der Waals surface area (Å²) in [6.07, 6.45) is 1.05. The highest BCUT2D eigenvalue weighted by atomic mass is 19.1. The van der Waals surface area contributed by atoms with E-state index in [1.54, 1.807) is 6.07 Å². The molecule has 94 valence electrons. The van der Waals surface area contributed by atoms with Crippen molar-refractivity contribution in [3.8, 4) is 0 Å². The molecule has 1 aromatic rings. The molecule has 17 heavy (non-hydrogen) atoms. The first-order valence-electron chi connectivity index (χ1n) is 5.91. The topological polar surface area (TPSA) is 43.1 Å². The Balaban J connectivity index is 2.88. The van der Waals surface area contributed by atoms with Crippen molar-refractivity contribution in [3.05, 3.63) is 35.1 Å². The third-order valence-electron chi connectivity index (χ3n) is 3.56. The number of carbonyl (C=O) groups is 1. The summed E-state index contributed by atoms with van der Waals surface area (Å²) in [6, 6.07) is 4.52. The lowest BCUT2D eigenvalue weighted by molar-refractivity contribution is -0.126. The quantitative estimate of drug-likeness (QED) is 0.855. The van der Waals surface area contributed by atoms with Crippen molar-refractivity contribution in [2.75, 3.05) is 6.54 Å². The summed E-state index contributed by atoms with van der Waals surface area (Å²) in [4.78, 5) is 12.2. The van der Waals surface area contributed by atoms with E-state index in [9.17, 15) is 9.18 Å². The lowest BCUT2D eigenvalue weighted by Gasteiger charge is -2.24. The fourth-order valence-electron chi connectivity index (χ4n) is 1.70. The first kappa shape index (κ1) is 13.8. The fraction of sp³-hybridized carbons (Fsp3) is 0.500. The van der Waals surface area contributed by atoms with Crippen LogP contribution >= 0.6 is 0 Å². The number of halogens is 1. The first-order valence-corrected chi connectivity index (χ1v) is 5.91. The monoisotopic (exact) mass is 237 g/mol. The molecule has 1 unspecified atom stereocenters. The summed E-state index contributed by atoms with van der Waals surface area (Å²) >= 11 is 0. The number of benzene rings is 1. The lowest BCUT2D eigenvalue weighted by atomic mass is 9.80. The average molecular weight is 237 g/mol. The van der Waals surface area contributed by atoms with Crippen LogP contribution in [0.2, 0.25) is 0 Å². The van der Waals surface area contributed by atoms with Crippen molar-refractivity contribution in [1.29, 1.82) is 0 Å². The van der Waals surface area contributed by atoms with Gasteiger partial charge in [-0.05, 0) is 36.6 Å². The number of aryl methyl sites for hydroxylation is 1. The van der Waals surface area contributed by atoms with Gasteiger partial charge in [0.2, 0.25) is 0 Å². The standard InChI is InChI=1S/C14H20FNO/c1-4-14(3,9-16)13(17)8-11-5-6-12(15)7-10(11)2/h5-7H,4,8-9,16H2,1-3H3. The minimum atomic E-state index is -0.471. The number of hydrogen-bond acceptors (Lipinski definition) is 2. The minimum absolute atomic E-state index is 0.122. The summed E-state index contributed by atoms with van der Waals surface area (Å²) in [5.41, 5.74) is 6.87. The zero-order chi connectivity index (χ0) is 13.1. The molecule has 0 bridgehead atoms. The van der Waals surface area contributed by atoms with Gasteiger partial charge in [0.05, 0.1) is 0 Å². The Morgan fingerprint density at radius 1 is 1.47 bits per heavy atom. The summed E-state index contributed by atoms with van der Waals surface area (Å²) in [5.74, 6) is -0.145. The highest BCUT2D eigenvalue weighted by Gasteiger charge is 2.29. The van der Waals surface area contributed by atoms with Gasteiger partial charge < -0.3 is 5.73 Å². The predicted octanol–water partition coefficient (Wildman–Crippen LogP) is 2.62. The largest absolute Gasteiger partial charge is 0.329 e. The van der Waals surface area contributed by atoms with Gasteiger partial charge in [0.25, 0.3) is 0 Å². The average Bonchev–Trinajstić information content (AvgIpc) is 2.31. The Morgan fingerprint density at radius 2 is 2.12 bits per heavy atom. The van der Waals surface area contributed by atoms with Gasteiger partial charge in [-0.25, -0.2) is 4.39 Å². The van der Waals surface area contributed by atoms with Crippen LogP contribution < -0.4 is 5.73 Å². The van der Waals surface area contributed by atoms with Crippen molar-refractivity contribution < 1.29 is 9.18 Å². The van der Waals surface area contributed by atoms with Gasteiger partial charge in [-0.2, -0.15) is 0 Å². The molecule has 0 spiro atoms. The van der Waals surface area contributed by atoms with E-state index >= 15 is 0 Å². The summed E-state index contributed by atoms with van der Waals surface area (Å²) < 4.78 is 12.9. The van der Waals surface area contributed by atoms with Crippen LogP contribution in [0.3, 0.4) is 0 Å². The van der Waals surface area contributed by atoms with Crippen LogP contribution in [0, 0.1) is 18.2 Å². The van der Waals surface area contributed by atoms with Crippen molar-refractivity contribution in [3.63, 3.8) is 0 Å². The van der Waals surface area contributed by atoms with Gasteiger partial charge in [-0.15, -0.1) is 0 Å². The van der Waals surface area contributed by atoms with Crippen LogP contribution in [0.1, 0.15) is 31.4 Å². The van der Waals surface area contributed by atoms with Gasteiger partial charge in [-0.1, -0.05) is 19.9 Å².